The summed E-state index contributed by atoms with van der Waals surface area (Å²) >= 11 is 0. The zero-order valence-corrected chi connectivity index (χ0v) is 24.3. The molecule has 4 aromatic rings. The Balaban J connectivity index is 1.46. The maximum atomic E-state index is 12.8. The predicted molar refractivity (Wildman–Crippen MR) is 155 cm³/mol. The Labute approximate surface area is 239 Å². The summed E-state index contributed by atoms with van der Waals surface area (Å²) in [4.78, 5) is 36.9. The number of ether oxygens (including phenoxy) is 3. The predicted octanol–water partition coefficient (Wildman–Crippen LogP) is 5.52. The van der Waals surface area contributed by atoms with Crippen LogP contribution in [-0.2, 0) is 22.6 Å². The number of hydrogen-bond acceptors (Lipinski definition) is 7. The van der Waals surface area contributed by atoms with Gasteiger partial charge in [0.05, 0.1) is 31.0 Å². The molecule has 1 saturated heterocycles. The van der Waals surface area contributed by atoms with E-state index in [4.69, 9.17) is 24.2 Å². The topological polar surface area (TPSA) is 101 Å². The molecule has 1 saturated carbocycles. The molecule has 0 radical (unpaired) electrons. The molecule has 1 aromatic carbocycles. The fourth-order valence-corrected chi connectivity index (χ4v) is 5.74. The van der Waals surface area contributed by atoms with Crippen molar-refractivity contribution in [3.63, 3.8) is 0 Å². The second kappa shape index (κ2) is 10.4. The van der Waals surface area contributed by atoms with Crippen LogP contribution in [0.2, 0.25) is 0 Å². The molecule has 216 valence electrons. The first-order valence-corrected chi connectivity index (χ1v) is 14.2. The third kappa shape index (κ3) is 5.35. The van der Waals surface area contributed by atoms with E-state index < -0.39 is 11.6 Å². The number of fused-ring (bicyclic) bond motifs is 2. The van der Waals surface area contributed by atoms with Crippen LogP contribution < -0.4 is 4.74 Å². The number of esters is 1. The number of imidazole rings is 1. The molecule has 10 nitrogen and oxygen atoms in total. The van der Waals surface area contributed by atoms with Crippen molar-refractivity contribution in [1.29, 1.82) is 0 Å². The summed E-state index contributed by atoms with van der Waals surface area (Å²) in [7, 11) is 2.96. The van der Waals surface area contributed by atoms with Gasteiger partial charge in [-0.05, 0) is 82.2 Å². The van der Waals surface area contributed by atoms with Gasteiger partial charge in [-0.2, -0.15) is 0 Å². The number of pyridine rings is 1. The summed E-state index contributed by atoms with van der Waals surface area (Å²) in [5, 5.41) is 1.06. The average Bonchev–Trinajstić information content (AvgIpc) is 3.35. The summed E-state index contributed by atoms with van der Waals surface area (Å²) in [5.41, 5.74) is 3.21. The molecule has 1 unspecified atom stereocenters. The third-order valence-corrected chi connectivity index (χ3v) is 7.85. The van der Waals surface area contributed by atoms with E-state index in [9.17, 15) is 9.59 Å². The SMILES string of the molecule is COC(=O)c1cc(OC)c2c(c1)nc(-c1cc3cccnc3n1CC1CC1)n2CC1CCN(C(=O)OC(C)(C)C)C1. The van der Waals surface area contributed by atoms with Crippen LogP contribution in [0.4, 0.5) is 4.79 Å². The van der Waals surface area contributed by atoms with Gasteiger partial charge in [0.25, 0.3) is 0 Å². The molecule has 2 fully saturated rings. The molecule has 1 atom stereocenters. The van der Waals surface area contributed by atoms with E-state index in [-0.39, 0.29) is 12.0 Å². The number of aromatic nitrogens is 4. The van der Waals surface area contributed by atoms with Gasteiger partial charge in [-0.15, -0.1) is 0 Å². The van der Waals surface area contributed by atoms with Gasteiger partial charge in [-0.3, -0.25) is 0 Å². The van der Waals surface area contributed by atoms with E-state index in [1.165, 1.54) is 20.0 Å². The van der Waals surface area contributed by atoms with E-state index in [0.29, 0.717) is 42.4 Å². The first-order chi connectivity index (χ1) is 19.6. The molecule has 1 aliphatic heterocycles. The highest BCUT2D eigenvalue weighted by molar-refractivity contribution is 5.97. The quantitative estimate of drug-likeness (QED) is 0.275. The van der Waals surface area contributed by atoms with Gasteiger partial charge in [-0.25, -0.2) is 19.6 Å². The van der Waals surface area contributed by atoms with E-state index >= 15 is 0 Å². The number of methoxy groups -OCH3 is 2. The summed E-state index contributed by atoms with van der Waals surface area (Å²) in [6, 6.07) is 9.65. The molecule has 2 aliphatic rings. The molecule has 1 aliphatic carbocycles. The van der Waals surface area contributed by atoms with Crippen molar-refractivity contribution < 1.29 is 23.8 Å². The van der Waals surface area contributed by atoms with Crippen LogP contribution in [0.1, 0.15) is 50.4 Å². The van der Waals surface area contributed by atoms with Crippen LogP contribution in [0.25, 0.3) is 33.6 Å². The summed E-state index contributed by atoms with van der Waals surface area (Å²) in [6.07, 6.45) is 4.80. The Kier molecular flexibility index (Phi) is 6.87. The molecule has 3 aromatic heterocycles. The summed E-state index contributed by atoms with van der Waals surface area (Å²) in [5.74, 6) is 1.70. The number of likely N-dealkylation sites (tertiary alicyclic amines) is 1. The van der Waals surface area contributed by atoms with E-state index in [0.717, 1.165) is 41.0 Å². The highest BCUT2D eigenvalue weighted by Gasteiger charge is 2.32. The van der Waals surface area contributed by atoms with Gasteiger partial charge in [0.1, 0.15) is 22.5 Å². The minimum atomic E-state index is -0.545. The molecule has 10 heteroatoms. The molecule has 41 heavy (non-hydrogen) atoms. The maximum Gasteiger partial charge on any atom is 0.410 e. The van der Waals surface area contributed by atoms with Crippen LogP contribution >= 0.6 is 0 Å². The molecule has 0 bridgehead atoms. The monoisotopic (exact) mass is 559 g/mol. The minimum absolute atomic E-state index is 0.183. The Hall–Kier alpha value is -4.08. The molecule has 4 heterocycles. The summed E-state index contributed by atoms with van der Waals surface area (Å²) < 4.78 is 20.9. The van der Waals surface area contributed by atoms with Crippen LogP contribution in [0.3, 0.4) is 0 Å². The van der Waals surface area contributed by atoms with E-state index in [1.807, 2.05) is 33.0 Å². The number of nitrogens with zero attached hydrogens (tertiary/aromatic N) is 5. The fourth-order valence-electron chi connectivity index (χ4n) is 5.74. The van der Waals surface area contributed by atoms with Gasteiger partial charge in [0, 0.05) is 37.8 Å². The Bertz CT molecular complexity index is 1630. The van der Waals surface area contributed by atoms with E-state index in [1.54, 1.807) is 24.1 Å². The lowest BCUT2D eigenvalue weighted by atomic mass is 10.1. The highest BCUT2D eigenvalue weighted by Crippen LogP contribution is 2.39. The number of carbonyl (C=O) groups excluding carboxylic acids is 2. The Morgan fingerprint density at radius 1 is 1.02 bits per heavy atom. The first-order valence-electron chi connectivity index (χ1n) is 14.2. The second-order valence-electron chi connectivity index (χ2n) is 12.2. The standard InChI is InChI=1S/C31H37N5O5/c1-31(2,3)41-30(38)34-12-10-20(16-34)18-36-26-23(13-22(29(37)40-5)15-25(26)39-4)33-28(36)24-14-21-7-6-11-32-27(21)35(24)17-19-8-9-19/h6-7,11,13-15,19-20H,8-10,12,16-18H2,1-5H3. The van der Waals surface area contributed by atoms with Gasteiger partial charge in [0.2, 0.25) is 0 Å². The Morgan fingerprint density at radius 3 is 2.51 bits per heavy atom. The van der Waals surface area contributed by atoms with Gasteiger partial charge >= 0.3 is 12.1 Å². The van der Waals surface area contributed by atoms with Crippen molar-refractivity contribution in [1.82, 2.24) is 24.0 Å². The third-order valence-electron chi connectivity index (χ3n) is 7.85. The molecular formula is C31H37N5O5. The lowest BCUT2D eigenvalue weighted by Gasteiger charge is -2.24. The zero-order chi connectivity index (χ0) is 28.9. The van der Waals surface area contributed by atoms with Crippen molar-refractivity contribution in [3.8, 4) is 17.3 Å². The number of hydrogen-bond donors (Lipinski definition) is 0. The van der Waals surface area contributed by atoms with E-state index in [2.05, 4.69) is 21.3 Å². The molecular weight excluding hydrogens is 522 g/mol. The molecule has 0 spiro atoms. The second-order valence-corrected chi connectivity index (χ2v) is 12.2. The molecule has 6 rings (SSSR count). The number of benzene rings is 1. The van der Waals surface area contributed by atoms with Gasteiger partial charge in [-0.1, -0.05) is 0 Å². The molecule has 1 amide bonds. The lowest BCUT2D eigenvalue weighted by molar-refractivity contribution is 0.0287. The van der Waals surface area contributed by atoms with Crippen molar-refractivity contribution >= 4 is 34.1 Å². The first kappa shape index (κ1) is 27.1. The minimum Gasteiger partial charge on any atom is -0.494 e. The number of carbonyl (C=O) groups is 2. The largest absolute Gasteiger partial charge is 0.494 e. The number of amides is 1. The zero-order valence-electron chi connectivity index (χ0n) is 24.3. The van der Waals surface area contributed by atoms with Crippen molar-refractivity contribution in [3.05, 3.63) is 42.1 Å². The molecule has 0 N–H and O–H groups in total. The van der Waals surface area contributed by atoms with Gasteiger partial charge < -0.3 is 28.2 Å². The van der Waals surface area contributed by atoms with Crippen LogP contribution in [0, 0.1) is 11.8 Å². The Morgan fingerprint density at radius 2 is 1.80 bits per heavy atom. The normalized spacial score (nSPS) is 17.4. The maximum absolute atomic E-state index is 12.8. The van der Waals surface area contributed by atoms with Crippen molar-refractivity contribution in [2.75, 3.05) is 27.3 Å². The highest BCUT2D eigenvalue weighted by atomic mass is 16.6. The van der Waals surface area contributed by atoms with Gasteiger partial charge in [0.15, 0.2) is 5.82 Å². The van der Waals surface area contributed by atoms with Crippen LogP contribution in [-0.4, -0.2) is 69.0 Å². The summed E-state index contributed by atoms with van der Waals surface area (Å²) in [6.45, 7) is 8.36. The smallest absolute Gasteiger partial charge is 0.410 e. The van der Waals surface area contributed by atoms with Crippen molar-refractivity contribution in [2.45, 2.75) is 58.7 Å². The van der Waals surface area contributed by atoms with Crippen molar-refractivity contribution in [2.24, 2.45) is 11.8 Å². The van der Waals surface area contributed by atoms with Crippen LogP contribution in [0.15, 0.2) is 36.5 Å². The average molecular weight is 560 g/mol. The van der Waals surface area contributed by atoms with Crippen LogP contribution in [0.5, 0.6) is 5.75 Å². The fraction of sp³-hybridized carbons (Fsp3) is 0.484. The lowest BCUT2D eigenvalue weighted by Crippen LogP contribution is -2.35. The number of rotatable bonds is 7.